The molecule has 4 nitrogen and oxygen atoms in total. The van der Waals surface area contributed by atoms with Crippen LogP contribution in [0.3, 0.4) is 0 Å². The zero-order chi connectivity index (χ0) is 11.9. The number of aryl methyl sites for hydroxylation is 2. The minimum Gasteiger partial charge on any atom is -0.478 e. The molecule has 1 aromatic heterocycles. The van der Waals surface area contributed by atoms with Crippen molar-refractivity contribution in [3.8, 4) is 0 Å². The summed E-state index contributed by atoms with van der Waals surface area (Å²) in [7, 11) is 1.92. The van der Waals surface area contributed by atoms with Gasteiger partial charge >= 0.3 is 5.97 Å². The van der Waals surface area contributed by atoms with Crippen molar-refractivity contribution in [1.29, 1.82) is 0 Å². The van der Waals surface area contributed by atoms with Crippen LogP contribution in [0, 0.1) is 13.8 Å². The number of aromatic carboxylic acids is 1. The van der Waals surface area contributed by atoms with Crippen molar-refractivity contribution < 1.29 is 9.90 Å². The third-order valence-corrected chi connectivity index (χ3v) is 2.97. The monoisotopic (exact) mass is 220 g/mol. The van der Waals surface area contributed by atoms with Crippen LogP contribution in [-0.4, -0.2) is 29.1 Å². The molecule has 1 aliphatic rings. The van der Waals surface area contributed by atoms with Gasteiger partial charge in [-0.3, -0.25) is 0 Å². The van der Waals surface area contributed by atoms with Crippen molar-refractivity contribution in [3.05, 3.63) is 22.9 Å². The number of carboxylic acids is 1. The summed E-state index contributed by atoms with van der Waals surface area (Å²) in [4.78, 5) is 17.6. The van der Waals surface area contributed by atoms with Gasteiger partial charge in [-0.25, -0.2) is 9.78 Å². The highest BCUT2D eigenvalue weighted by molar-refractivity contribution is 5.95. The molecule has 0 radical (unpaired) electrons. The lowest BCUT2D eigenvalue weighted by Gasteiger charge is -2.21. The quantitative estimate of drug-likeness (QED) is 0.846. The summed E-state index contributed by atoms with van der Waals surface area (Å²) in [6.45, 7) is 3.71. The highest BCUT2D eigenvalue weighted by Crippen LogP contribution is 2.32. The highest BCUT2D eigenvalue weighted by atomic mass is 16.4. The SMILES string of the molecule is Cc1cc(C)c(C(=O)O)c(N(C)C2CC2)n1. The maximum absolute atomic E-state index is 11.2. The normalized spacial score (nSPS) is 14.9. The molecule has 0 atom stereocenters. The van der Waals surface area contributed by atoms with Crippen molar-refractivity contribution in [2.45, 2.75) is 32.7 Å². The van der Waals surface area contributed by atoms with E-state index in [0.29, 0.717) is 17.4 Å². The highest BCUT2D eigenvalue weighted by Gasteiger charge is 2.30. The van der Waals surface area contributed by atoms with Gasteiger partial charge in [-0.1, -0.05) is 0 Å². The Hall–Kier alpha value is -1.58. The largest absolute Gasteiger partial charge is 0.478 e. The summed E-state index contributed by atoms with van der Waals surface area (Å²) in [5, 5.41) is 9.22. The summed E-state index contributed by atoms with van der Waals surface area (Å²) in [6, 6.07) is 2.28. The molecule has 0 amide bonds. The van der Waals surface area contributed by atoms with Crippen LogP contribution in [0.4, 0.5) is 5.82 Å². The average molecular weight is 220 g/mol. The van der Waals surface area contributed by atoms with Gasteiger partial charge in [0.05, 0.1) is 0 Å². The predicted octanol–water partition coefficient (Wildman–Crippen LogP) is 2.00. The maximum atomic E-state index is 11.2. The van der Waals surface area contributed by atoms with Crippen LogP contribution in [-0.2, 0) is 0 Å². The molecule has 0 bridgehead atoms. The molecule has 16 heavy (non-hydrogen) atoms. The Bertz CT molecular complexity index is 439. The number of anilines is 1. The standard InChI is InChI=1S/C12H16N2O2/c1-7-6-8(2)13-11(10(7)12(15)16)14(3)9-4-5-9/h6,9H,4-5H2,1-3H3,(H,15,16). The second-order valence-electron chi connectivity index (χ2n) is 4.43. The van der Waals surface area contributed by atoms with Crippen LogP contribution in [0.25, 0.3) is 0 Å². The number of hydrogen-bond donors (Lipinski definition) is 1. The molecule has 1 saturated carbocycles. The molecule has 1 N–H and O–H groups in total. The van der Waals surface area contributed by atoms with E-state index in [1.807, 2.05) is 31.9 Å². The van der Waals surface area contributed by atoms with Crippen LogP contribution in [0.15, 0.2) is 6.07 Å². The van der Waals surface area contributed by atoms with E-state index in [4.69, 9.17) is 0 Å². The molecule has 1 fully saturated rings. The third kappa shape index (κ3) is 1.87. The van der Waals surface area contributed by atoms with Crippen molar-refractivity contribution >= 4 is 11.8 Å². The molecule has 0 unspecified atom stereocenters. The molecule has 1 heterocycles. The van der Waals surface area contributed by atoms with Gasteiger partial charge in [-0.05, 0) is 38.3 Å². The number of aromatic nitrogens is 1. The van der Waals surface area contributed by atoms with E-state index in [2.05, 4.69) is 4.98 Å². The number of rotatable bonds is 3. The summed E-state index contributed by atoms with van der Waals surface area (Å²) in [5.74, 6) is -0.292. The Morgan fingerprint density at radius 2 is 2.12 bits per heavy atom. The molecule has 0 aliphatic heterocycles. The van der Waals surface area contributed by atoms with Crippen LogP contribution in [0.5, 0.6) is 0 Å². The van der Waals surface area contributed by atoms with Gasteiger partial charge < -0.3 is 10.0 Å². The fraction of sp³-hybridized carbons (Fsp3) is 0.500. The third-order valence-electron chi connectivity index (χ3n) is 2.97. The molecular formula is C12H16N2O2. The van der Waals surface area contributed by atoms with E-state index < -0.39 is 5.97 Å². The van der Waals surface area contributed by atoms with Gasteiger partial charge in [-0.2, -0.15) is 0 Å². The minimum atomic E-state index is -0.896. The first-order valence-electron chi connectivity index (χ1n) is 5.45. The summed E-state index contributed by atoms with van der Waals surface area (Å²) < 4.78 is 0. The maximum Gasteiger partial charge on any atom is 0.339 e. The van der Waals surface area contributed by atoms with E-state index in [1.165, 1.54) is 0 Å². The van der Waals surface area contributed by atoms with Gasteiger partial charge in [0, 0.05) is 18.8 Å². The lowest BCUT2D eigenvalue weighted by atomic mass is 10.1. The van der Waals surface area contributed by atoms with E-state index in [1.54, 1.807) is 0 Å². The molecule has 1 aliphatic carbocycles. The lowest BCUT2D eigenvalue weighted by molar-refractivity contribution is 0.0696. The Morgan fingerprint density at radius 3 is 2.62 bits per heavy atom. The van der Waals surface area contributed by atoms with Crippen LogP contribution in [0.1, 0.15) is 34.5 Å². The number of carbonyl (C=O) groups is 1. The van der Waals surface area contributed by atoms with Gasteiger partial charge in [-0.15, -0.1) is 0 Å². The summed E-state index contributed by atoms with van der Waals surface area (Å²) in [6.07, 6.45) is 2.26. The Kier molecular flexibility index (Phi) is 2.58. The van der Waals surface area contributed by atoms with Crippen LogP contribution < -0.4 is 4.90 Å². The van der Waals surface area contributed by atoms with Crippen LogP contribution >= 0.6 is 0 Å². The minimum absolute atomic E-state index is 0.333. The first kappa shape index (κ1) is 10.9. The molecule has 1 aromatic rings. The first-order valence-corrected chi connectivity index (χ1v) is 5.45. The molecule has 0 spiro atoms. The molecule has 0 saturated heterocycles. The number of carboxylic acid groups (broad SMARTS) is 1. The van der Waals surface area contributed by atoms with Gasteiger partial charge in [0.25, 0.3) is 0 Å². The molecule has 4 heteroatoms. The zero-order valence-corrected chi connectivity index (χ0v) is 9.82. The molecule has 2 rings (SSSR count). The summed E-state index contributed by atoms with van der Waals surface area (Å²) >= 11 is 0. The zero-order valence-electron chi connectivity index (χ0n) is 9.82. The van der Waals surface area contributed by atoms with Gasteiger partial charge in [0.2, 0.25) is 0 Å². The Balaban J connectivity index is 2.51. The summed E-state index contributed by atoms with van der Waals surface area (Å²) in [5.41, 5.74) is 1.98. The van der Waals surface area contributed by atoms with E-state index in [0.717, 1.165) is 24.1 Å². The van der Waals surface area contributed by atoms with Crippen molar-refractivity contribution in [3.63, 3.8) is 0 Å². The lowest BCUT2D eigenvalue weighted by Crippen LogP contribution is -2.24. The number of hydrogen-bond acceptors (Lipinski definition) is 3. The number of pyridine rings is 1. The molecule has 86 valence electrons. The first-order chi connectivity index (χ1) is 7.50. The average Bonchev–Trinajstić information content (AvgIpc) is 2.97. The van der Waals surface area contributed by atoms with Crippen molar-refractivity contribution in [1.82, 2.24) is 4.98 Å². The smallest absolute Gasteiger partial charge is 0.339 e. The second-order valence-corrected chi connectivity index (χ2v) is 4.43. The second kappa shape index (κ2) is 3.77. The van der Waals surface area contributed by atoms with Crippen molar-refractivity contribution in [2.24, 2.45) is 0 Å². The van der Waals surface area contributed by atoms with Gasteiger partial charge in [0.15, 0.2) is 0 Å². The molecule has 0 aromatic carbocycles. The Morgan fingerprint density at radius 1 is 1.50 bits per heavy atom. The van der Waals surface area contributed by atoms with E-state index in [9.17, 15) is 9.90 Å². The fourth-order valence-electron chi connectivity index (χ4n) is 1.97. The number of nitrogens with zero attached hydrogens (tertiary/aromatic N) is 2. The van der Waals surface area contributed by atoms with E-state index in [-0.39, 0.29) is 0 Å². The van der Waals surface area contributed by atoms with Gasteiger partial charge in [0.1, 0.15) is 11.4 Å². The topological polar surface area (TPSA) is 53.4 Å². The fourth-order valence-corrected chi connectivity index (χ4v) is 1.97. The van der Waals surface area contributed by atoms with Crippen molar-refractivity contribution in [2.75, 3.05) is 11.9 Å². The Labute approximate surface area is 94.9 Å². The predicted molar refractivity (Wildman–Crippen MR) is 62.1 cm³/mol. The van der Waals surface area contributed by atoms with E-state index >= 15 is 0 Å². The van der Waals surface area contributed by atoms with Crippen LogP contribution in [0.2, 0.25) is 0 Å². The molecular weight excluding hydrogens is 204 g/mol.